The molecular weight excluding hydrogens is 464 g/mol. The molecule has 0 aliphatic heterocycles. The highest BCUT2D eigenvalue weighted by molar-refractivity contribution is 7.91. The van der Waals surface area contributed by atoms with Crippen molar-refractivity contribution in [3.8, 4) is 11.5 Å². The second-order valence-electron chi connectivity index (χ2n) is 6.40. The third kappa shape index (κ3) is 6.09. The molecule has 0 saturated heterocycles. The summed E-state index contributed by atoms with van der Waals surface area (Å²) >= 11 is 0. The van der Waals surface area contributed by atoms with Gasteiger partial charge in [0.05, 0.1) is 38.9 Å². The van der Waals surface area contributed by atoms with Gasteiger partial charge in [-0.1, -0.05) is 0 Å². The topological polar surface area (TPSA) is 168 Å². The normalized spacial score (nSPS) is 11.6. The van der Waals surface area contributed by atoms with Gasteiger partial charge in [0.15, 0.2) is 19.7 Å². The Hall–Kier alpha value is -2.87. The van der Waals surface area contributed by atoms with E-state index in [9.17, 15) is 21.6 Å². The molecule has 4 N–H and O–H groups in total. The number of hydrogen-bond donors (Lipinski definition) is 4. The molecule has 2 rings (SSSR count). The number of rotatable bonds is 10. The minimum absolute atomic E-state index is 0.0540. The third-order valence-corrected chi connectivity index (χ3v) is 7.65. The summed E-state index contributed by atoms with van der Waals surface area (Å²) in [6.45, 7) is -1.16. The van der Waals surface area contributed by atoms with E-state index < -0.39 is 50.4 Å². The van der Waals surface area contributed by atoms with Crippen molar-refractivity contribution in [3.05, 3.63) is 36.4 Å². The molecule has 2 aromatic carbocycles. The van der Waals surface area contributed by atoms with Gasteiger partial charge in [0, 0.05) is 11.4 Å². The molecule has 0 spiro atoms. The molecule has 11 nitrogen and oxygen atoms in total. The van der Waals surface area contributed by atoms with E-state index in [-0.39, 0.29) is 32.7 Å². The zero-order valence-corrected chi connectivity index (χ0v) is 19.0. The molecule has 0 heterocycles. The molecule has 0 radical (unpaired) electrons. The van der Waals surface area contributed by atoms with Crippen molar-refractivity contribution in [2.75, 3.05) is 49.6 Å². The van der Waals surface area contributed by atoms with Crippen LogP contribution in [-0.4, -0.2) is 72.0 Å². The summed E-state index contributed by atoms with van der Waals surface area (Å²) < 4.78 is 59.4. The molecule has 2 amide bonds. The SMILES string of the molecule is COc1ccc(NC(=O)Nc2ccc(OC)c(S(=O)(=O)CCO)c2)cc1S(=O)(=O)CCO. The Bertz CT molecular complexity index is 1090. The molecule has 0 saturated carbocycles. The minimum Gasteiger partial charge on any atom is -0.495 e. The van der Waals surface area contributed by atoms with E-state index in [2.05, 4.69) is 10.6 Å². The number of ether oxygens (including phenoxy) is 2. The molecule has 32 heavy (non-hydrogen) atoms. The fourth-order valence-electron chi connectivity index (χ4n) is 2.75. The van der Waals surface area contributed by atoms with E-state index in [4.69, 9.17) is 19.7 Å². The lowest BCUT2D eigenvalue weighted by atomic mass is 10.3. The number of anilines is 2. The van der Waals surface area contributed by atoms with Crippen LogP contribution in [0.1, 0.15) is 0 Å². The van der Waals surface area contributed by atoms with Crippen molar-refractivity contribution in [1.29, 1.82) is 0 Å². The van der Waals surface area contributed by atoms with Crippen LogP contribution < -0.4 is 20.1 Å². The molecule has 0 atom stereocenters. The number of urea groups is 1. The highest BCUT2D eigenvalue weighted by Crippen LogP contribution is 2.30. The summed E-state index contributed by atoms with van der Waals surface area (Å²) in [7, 11) is -5.12. The van der Waals surface area contributed by atoms with Gasteiger partial charge < -0.3 is 30.3 Å². The number of aliphatic hydroxyl groups is 2. The van der Waals surface area contributed by atoms with Crippen molar-refractivity contribution in [2.24, 2.45) is 0 Å². The zero-order valence-electron chi connectivity index (χ0n) is 17.4. The Labute approximate surface area is 185 Å². The van der Waals surface area contributed by atoms with Crippen molar-refractivity contribution in [2.45, 2.75) is 9.79 Å². The summed E-state index contributed by atoms with van der Waals surface area (Å²) in [5.74, 6) is -0.928. The van der Waals surface area contributed by atoms with E-state index in [0.717, 1.165) is 0 Å². The lowest BCUT2D eigenvalue weighted by Crippen LogP contribution is -2.20. The van der Waals surface area contributed by atoms with Crippen molar-refractivity contribution >= 4 is 37.1 Å². The Morgan fingerprint density at radius 2 is 1.16 bits per heavy atom. The van der Waals surface area contributed by atoms with Gasteiger partial charge in [0.25, 0.3) is 0 Å². The third-order valence-electron chi connectivity index (χ3n) is 4.23. The maximum absolute atomic E-state index is 12.4. The average molecular weight is 489 g/mol. The van der Waals surface area contributed by atoms with Gasteiger partial charge in [-0.15, -0.1) is 0 Å². The largest absolute Gasteiger partial charge is 0.495 e. The molecule has 2 aromatic rings. The quantitative estimate of drug-likeness (QED) is 0.379. The predicted octanol–water partition coefficient (Wildman–Crippen LogP) is 0.880. The lowest BCUT2D eigenvalue weighted by Gasteiger charge is -2.14. The molecule has 0 unspecified atom stereocenters. The minimum atomic E-state index is -3.85. The van der Waals surface area contributed by atoms with Crippen LogP contribution in [0.3, 0.4) is 0 Å². The first-order chi connectivity index (χ1) is 15.1. The number of benzene rings is 2. The number of hydrogen-bond acceptors (Lipinski definition) is 9. The van der Waals surface area contributed by atoms with E-state index >= 15 is 0 Å². The van der Waals surface area contributed by atoms with Gasteiger partial charge in [-0.25, -0.2) is 21.6 Å². The van der Waals surface area contributed by atoms with E-state index in [1.54, 1.807) is 0 Å². The van der Waals surface area contributed by atoms with Crippen LogP contribution in [0, 0.1) is 0 Å². The number of carbonyl (C=O) groups excluding carboxylic acids is 1. The fraction of sp³-hybridized carbons (Fsp3) is 0.316. The number of sulfone groups is 2. The summed E-state index contributed by atoms with van der Waals surface area (Å²) in [6, 6.07) is 7.16. The van der Waals surface area contributed by atoms with Gasteiger partial charge in [-0.2, -0.15) is 0 Å². The molecule has 0 aromatic heterocycles. The van der Waals surface area contributed by atoms with Crippen molar-refractivity contribution in [1.82, 2.24) is 0 Å². The van der Waals surface area contributed by atoms with Gasteiger partial charge in [-0.05, 0) is 36.4 Å². The van der Waals surface area contributed by atoms with Crippen LogP contribution in [0.2, 0.25) is 0 Å². The highest BCUT2D eigenvalue weighted by Gasteiger charge is 2.22. The molecule has 0 aliphatic rings. The first-order valence-corrected chi connectivity index (χ1v) is 12.5. The lowest BCUT2D eigenvalue weighted by molar-refractivity contribution is 0.262. The van der Waals surface area contributed by atoms with Crippen LogP contribution in [0.4, 0.5) is 16.2 Å². The van der Waals surface area contributed by atoms with E-state index in [1.807, 2.05) is 0 Å². The Morgan fingerprint density at radius 1 is 0.781 bits per heavy atom. The second kappa shape index (κ2) is 10.6. The number of methoxy groups -OCH3 is 2. The van der Waals surface area contributed by atoms with Gasteiger partial charge in [0.1, 0.15) is 21.3 Å². The monoisotopic (exact) mass is 488 g/mol. The predicted molar refractivity (Wildman–Crippen MR) is 117 cm³/mol. The van der Waals surface area contributed by atoms with Crippen LogP contribution >= 0.6 is 0 Å². The highest BCUT2D eigenvalue weighted by atomic mass is 32.2. The fourth-order valence-corrected chi connectivity index (χ4v) is 5.20. The molecule has 0 bridgehead atoms. The van der Waals surface area contributed by atoms with Crippen molar-refractivity contribution in [3.63, 3.8) is 0 Å². The summed E-state index contributed by atoms with van der Waals surface area (Å²) in [4.78, 5) is 12.0. The standard InChI is InChI=1S/C19H24N2O9S2/c1-29-15-5-3-13(11-17(15)31(25,26)9-7-22)20-19(24)21-14-4-6-16(30-2)18(12-14)32(27,28)10-8-23/h3-6,11-12,22-23H,7-10H2,1-2H3,(H2,20,21,24). The van der Waals surface area contributed by atoms with Crippen LogP contribution in [0.25, 0.3) is 0 Å². The van der Waals surface area contributed by atoms with Crippen molar-refractivity contribution < 1.29 is 41.3 Å². The van der Waals surface area contributed by atoms with E-state index in [1.165, 1.54) is 50.6 Å². The van der Waals surface area contributed by atoms with Crippen LogP contribution in [-0.2, 0) is 19.7 Å². The molecular formula is C19H24N2O9S2. The number of aliphatic hydroxyl groups excluding tert-OH is 2. The number of carbonyl (C=O) groups is 1. The summed E-state index contributed by atoms with van der Waals surface area (Å²) in [6.07, 6.45) is 0. The van der Waals surface area contributed by atoms with E-state index in [0.29, 0.717) is 0 Å². The maximum Gasteiger partial charge on any atom is 0.323 e. The van der Waals surface area contributed by atoms with Gasteiger partial charge in [0.2, 0.25) is 0 Å². The first kappa shape index (κ1) is 25.4. The molecule has 13 heteroatoms. The second-order valence-corrected chi connectivity index (χ2v) is 10.6. The number of amides is 2. The molecule has 176 valence electrons. The number of nitrogens with one attached hydrogen (secondary N) is 2. The van der Waals surface area contributed by atoms with Crippen LogP contribution in [0.15, 0.2) is 46.2 Å². The average Bonchev–Trinajstić information content (AvgIpc) is 2.73. The zero-order chi connectivity index (χ0) is 23.9. The molecule has 0 fully saturated rings. The first-order valence-electron chi connectivity index (χ1n) is 9.19. The van der Waals surface area contributed by atoms with Gasteiger partial charge in [-0.3, -0.25) is 0 Å². The summed E-state index contributed by atoms with van der Waals surface area (Å²) in [5.41, 5.74) is 0.253. The summed E-state index contributed by atoms with van der Waals surface area (Å²) in [5, 5.41) is 22.9. The molecule has 0 aliphatic carbocycles. The smallest absolute Gasteiger partial charge is 0.323 e. The Balaban J connectivity index is 2.28. The van der Waals surface area contributed by atoms with Gasteiger partial charge >= 0.3 is 6.03 Å². The maximum atomic E-state index is 12.4. The Kier molecular flexibility index (Phi) is 8.44. The Morgan fingerprint density at radius 3 is 1.47 bits per heavy atom. The van der Waals surface area contributed by atoms with Crippen LogP contribution in [0.5, 0.6) is 11.5 Å².